The predicted molar refractivity (Wildman–Crippen MR) is 53.0 cm³/mol. The fraction of sp³-hybridized carbons (Fsp3) is 0.400. The molecular weight excluding hydrogens is 170 g/mol. The van der Waals surface area contributed by atoms with E-state index in [0.717, 1.165) is 11.6 Å². The molecule has 64 valence electrons. The van der Waals surface area contributed by atoms with Crippen LogP contribution in [0.5, 0.6) is 0 Å². The Morgan fingerprint density at radius 2 is 2.25 bits per heavy atom. The molecule has 1 aromatic carbocycles. The highest BCUT2D eigenvalue weighted by molar-refractivity contribution is 6.30. The second-order valence-corrected chi connectivity index (χ2v) is 3.73. The number of benzene rings is 1. The number of nitrogens with zero attached hydrogens (tertiary/aromatic N) is 1. The SMILES string of the molecule is CN1CCCc2cc(Cl)ccc21. The minimum Gasteiger partial charge on any atom is -0.374 e. The zero-order valence-corrected chi connectivity index (χ0v) is 7.93. The quantitative estimate of drug-likeness (QED) is 0.595. The van der Waals surface area contributed by atoms with Crippen LogP contribution in [0, 0.1) is 0 Å². The van der Waals surface area contributed by atoms with Crippen LogP contribution in [0.15, 0.2) is 18.2 Å². The minimum absolute atomic E-state index is 0.851. The van der Waals surface area contributed by atoms with Gasteiger partial charge < -0.3 is 4.90 Å². The van der Waals surface area contributed by atoms with Crippen LogP contribution in [0.1, 0.15) is 12.0 Å². The Bertz CT molecular complexity index is 296. The van der Waals surface area contributed by atoms with Gasteiger partial charge in [0, 0.05) is 24.3 Å². The van der Waals surface area contributed by atoms with E-state index in [0.29, 0.717) is 0 Å². The second-order valence-electron chi connectivity index (χ2n) is 3.30. The number of hydrogen-bond acceptors (Lipinski definition) is 1. The van der Waals surface area contributed by atoms with Gasteiger partial charge in [0.2, 0.25) is 0 Å². The largest absolute Gasteiger partial charge is 0.374 e. The number of fused-ring (bicyclic) bond motifs is 1. The third kappa shape index (κ3) is 1.29. The van der Waals surface area contributed by atoms with Crippen LogP contribution in [0.2, 0.25) is 5.02 Å². The molecule has 0 atom stereocenters. The van der Waals surface area contributed by atoms with Crippen molar-refractivity contribution in [1.82, 2.24) is 0 Å². The van der Waals surface area contributed by atoms with Gasteiger partial charge in [-0.15, -0.1) is 0 Å². The Morgan fingerprint density at radius 1 is 1.42 bits per heavy atom. The van der Waals surface area contributed by atoms with Gasteiger partial charge in [0.15, 0.2) is 0 Å². The molecule has 0 fully saturated rings. The van der Waals surface area contributed by atoms with Gasteiger partial charge in [-0.1, -0.05) is 11.6 Å². The minimum atomic E-state index is 0.851. The van der Waals surface area contributed by atoms with Crippen molar-refractivity contribution >= 4 is 17.3 Å². The van der Waals surface area contributed by atoms with Crippen LogP contribution < -0.4 is 4.90 Å². The molecule has 1 aliphatic heterocycles. The van der Waals surface area contributed by atoms with Crippen molar-refractivity contribution in [1.29, 1.82) is 0 Å². The fourth-order valence-corrected chi connectivity index (χ4v) is 1.95. The van der Waals surface area contributed by atoms with Crippen LogP contribution in [0.4, 0.5) is 5.69 Å². The van der Waals surface area contributed by atoms with E-state index in [4.69, 9.17) is 11.6 Å². The lowest BCUT2D eigenvalue weighted by atomic mass is 10.0. The van der Waals surface area contributed by atoms with E-state index in [1.807, 2.05) is 6.07 Å². The van der Waals surface area contributed by atoms with E-state index in [9.17, 15) is 0 Å². The van der Waals surface area contributed by atoms with Crippen LogP contribution in [-0.2, 0) is 6.42 Å². The average Bonchev–Trinajstić information content (AvgIpc) is 2.04. The van der Waals surface area contributed by atoms with Crippen molar-refractivity contribution in [3.05, 3.63) is 28.8 Å². The van der Waals surface area contributed by atoms with E-state index >= 15 is 0 Å². The molecule has 0 saturated heterocycles. The molecule has 0 saturated carbocycles. The van der Waals surface area contributed by atoms with Gasteiger partial charge in [-0.05, 0) is 36.6 Å². The molecule has 12 heavy (non-hydrogen) atoms. The van der Waals surface area contributed by atoms with Gasteiger partial charge in [-0.3, -0.25) is 0 Å². The van der Waals surface area contributed by atoms with E-state index in [1.54, 1.807) is 0 Å². The molecule has 0 radical (unpaired) electrons. The average molecular weight is 182 g/mol. The summed E-state index contributed by atoms with van der Waals surface area (Å²) in [6.07, 6.45) is 2.41. The maximum Gasteiger partial charge on any atom is 0.0410 e. The summed E-state index contributed by atoms with van der Waals surface area (Å²) in [7, 11) is 2.13. The lowest BCUT2D eigenvalue weighted by molar-refractivity contribution is 0.744. The Balaban J connectivity index is 2.46. The summed E-state index contributed by atoms with van der Waals surface area (Å²) in [5.74, 6) is 0. The summed E-state index contributed by atoms with van der Waals surface area (Å²) >= 11 is 5.91. The third-order valence-electron chi connectivity index (χ3n) is 2.39. The van der Waals surface area contributed by atoms with Crippen molar-refractivity contribution in [3.8, 4) is 0 Å². The lowest BCUT2D eigenvalue weighted by Gasteiger charge is -2.27. The van der Waals surface area contributed by atoms with Gasteiger partial charge in [-0.2, -0.15) is 0 Å². The number of rotatable bonds is 0. The normalized spacial score (nSPS) is 16.0. The van der Waals surface area contributed by atoms with Crippen LogP contribution >= 0.6 is 11.6 Å². The van der Waals surface area contributed by atoms with Gasteiger partial charge in [0.05, 0.1) is 0 Å². The molecule has 1 aromatic rings. The summed E-state index contributed by atoms with van der Waals surface area (Å²) < 4.78 is 0. The Kier molecular flexibility index (Phi) is 1.97. The van der Waals surface area contributed by atoms with E-state index < -0.39 is 0 Å². The topological polar surface area (TPSA) is 3.24 Å². The van der Waals surface area contributed by atoms with Gasteiger partial charge in [0.1, 0.15) is 0 Å². The monoisotopic (exact) mass is 181 g/mol. The van der Waals surface area contributed by atoms with E-state index in [1.165, 1.54) is 24.1 Å². The molecule has 1 heterocycles. The summed E-state index contributed by atoms with van der Waals surface area (Å²) in [5.41, 5.74) is 2.72. The highest BCUT2D eigenvalue weighted by atomic mass is 35.5. The number of anilines is 1. The Labute approximate surface area is 77.9 Å². The molecular formula is C10H12ClN. The summed E-state index contributed by atoms with van der Waals surface area (Å²) in [6.45, 7) is 1.16. The molecule has 1 nitrogen and oxygen atoms in total. The zero-order chi connectivity index (χ0) is 8.55. The molecule has 0 bridgehead atoms. The highest BCUT2D eigenvalue weighted by Crippen LogP contribution is 2.28. The molecule has 0 spiro atoms. The highest BCUT2D eigenvalue weighted by Gasteiger charge is 2.12. The second kappa shape index (κ2) is 2.98. The van der Waals surface area contributed by atoms with Crippen LogP contribution in [0.25, 0.3) is 0 Å². The summed E-state index contributed by atoms with van der Waals surface area (Å²) in [4.78, 5) is 2.29. The standard InChI is InChI=1S/C10H12ClN/c1-12-6-2-3-8-7-9(11)4-5-10(8)12/h4-5,7H,2-3,6H2,1H3. The molecule has 1 aliphatic rings. The summed E-state index contributed by atoms with van der Waals surface area (Å²) in [6, 6.07) is 6.14. The Hall–Kier alpha value is -0.690. The fourth-order valence-electron chi connectivity index (χ4n) is 1.75. The molecule has 2 rings (SSSR count). The van der Waals surface area contributed by atoms with Crippen LogP contribution in [-0.4, -0.2) is 13.6 Å². The van der Waals surface area contributed by atoms with Crippen molar-refractivity contribution in [2.75, 3.05) is 18.5 Å². The first-order valence-electron chi connectivity index (χ1n) is 4.27. The van der Waals surface area contributed by atoms with Crippen molar-refractivity contribution in [2.24, 2.45) is 0 Å². The van der Waals surface area contributed by atoms with E-state index in [-0.39, 0.29) is 0 Å². The third-order valence-corrected chi connectivity index (χ3v) is 2.63. The Morgan fingerprint density at radius 3 is 3.08 bits per heavy atom. The maximum atomic E-state index is 5.91. The van der Waals surface area contributed by atoms with Gasteiger partial charge in [-0.25, -0.2) is 0 Å². The van der Waals surface area contributed by atoms with Crippen molar-refractivity contribution < 1.29 is 0 Å². The molecule has 0 aliphatic carbocycles. The van der Waals surface area contributed by atoms with Crippen molar-refractivity contribution in [3.63, 3.8) is 0 Å². The maximum absolute atomic E-state index is 5.91. The summed E-state index contributed by atoms with van der Waals surface area (Å²) in [5, 5.41) is 0.851. The zero-order valence-electron chi connectivity index (χ0n) is 7.18. The van der Waals surface area contributed by atoms with Gasteiger partial charge >= 0.3 is 0 Å². The first-order valence-corrected chi connectivity index (χ1v) is 4.65. The van der Waals surface area contributed by atoms with Gasteiger partial charge in [0.25, 0.3) is 0 Å². The predicted octanol–water partition coefficient (Wildman–Crippen LogP) is 2.72. The van der Waals surface area contributed by atoms with Crippen molar-refractivity contribution in [2.45, 2.75) is 12.8 Å². The number of halogens is 1. The van der Waals surface area contributed by atoms with Crippen LogP contribution in [0.3, 0.4) is 0 Å². The first-order chi connectivity index (χ1) is 5.77. The molecule has 2 heteroatoms. The number of aryl methyl sites for hydroxylation is 1. The smallest absolute Gasteiger partial charge is 0.0410 e. The molecule has 0 aromatic heterocycles. The lowest BCUT2D eigenvalue weighted by Crippen LogP contribution is -2.24. The molecule has 0 N–H and O–H groups in total. The first kappa shape index (κ1) is 7.93. The number of hydrogen-bond donors (Lipinski definition) is 0. The molecule has 0 unspecified atom stereocenters. The van der Waals surface area contributed by atoms with E-state index in [2.05, 4.69) is 24.1 Å². The molecule has 0 amide bonds.